The summed E-state index contributed by atoms with van der Waals surface area (Å²) in [5.74, 6) is -0.201. The molecule has 0 aliphatic carbocycles. The molecule has 6 heteroatoms. The van der Waals surface area contributed by atoms with E-state index in [1.165, 1.54) is 0 Å². The van der Waals surface area contributed by atoms with Crippen LogP contribution in [-0.4, -0.2) is 43.8 Å². The Bertz CT molecular complexity index is 492. The normalized spacial score (nSPS) is 17.5. The predicted molar refractivity (Wildman–Crippen MR) is 85.5 cm³/mol. The molecule has 1 heterocycles. The highest BCUT2D eigenvalue weighted by Gasteiger charge is 2.27. The molecule has 1 saturated heterocycles. The summed E-state index contributed by atoms with van der Waals surface area (Å²) in [6.07, 6.45) is 0.301. The van der Waals surface area contributed by atoms with Gasteiger partial charge in [-0.2, -0.15) is 0 Å². The lowest BCUT2D eigenvalue weighted by atomic mass is 10.0. The van der Waals surface area contributed by atoms with Gasteiger partial charge >= 0.3 is 5.97 Å². The van der Waals surface area contributed by atoms with E-state index in [1.54, 1.807) is 0 Å². The molecule has 1 fully saturated rings. The van der Waals surface area contributed by atoms with Gasteiger partial charge in [-0.3, -0.25) is 9.69 Å². The Kier molecular flexibility index (Phi) is 6.48. The maximum Gasteiger partial charge on any atom is 0.307 e. The Hall–Kier alpha value is -0.620. The fourth-order valence-electron chi connectivity index (χ4n) is 2.47. The van der Waals surface area contributed by atoms with Crippen molar-refractivity contribution < 1.29 is 14.3 Å². The van der Waals surface area contributed by atoms with Crippen molar-refractivity contribution >= 4 is 33.5 Å². The fraction of sp³-hybridized carbons (Fsp3) is 0.533. The highest BCUT2D eigenvalue weighted by molar-refractivity contribution is 9.10. The number of esters is 1. The van der Waals surface area contributed by atoms with Gasteiger partial charge in [0.2, 0.25) is 0 Å². The molecule has 0 N–H and O–H groups in total. The number of morpholine rings is 1. The van der Waals surface area contributed by atoms with Crippen LogP contribution in [0.3, 0.4) is 0 Å². The van der Waals surface area contributed by atoms with Gasteiger partial charge < -0.3 is 9.47 Å². The van der Waals surface area contributed by atoms with Crippen LogP contribution < -0.4 is 0 Å². The highest BCUT2D eigenvalue weighted by Crippen LogP contribution is 2.33. The largest absolute Gasteiger partial charge is 0.466 e. The maximum absolute atomic E-state index is 11.9. The number of rotatable bonds is 5. The van der Waals surface area contributed by atoms with E-state index in [-0.39, 0.29) is 12.0 Å². The molecule has 1 unspecified atom stereocenters. The molecule has 1 atom stereocenters. The van der Waals surface area contributed by atoms with Crippen LogP contribution in [0.25, 0.3) is 0 Å². The van der Waals surface area contributed by atoms with Crippen molar-refractivity contribution in [3.63, 3.8) is 0 Å². The first-order valence-electron chi connectivity index (χ1n) is 7.04. The first-order chi connectivity index (χ1) is 10.1. The topological polar surface area (TPSA) is 38.8 Å². The summed E-state index contributed by atoms with van der Waals surface area (Å²) >= 11 is 9.77. The number of ether oxygens (including phenoxy) is 2. The van der Waals surface area contributed by atoms with Crippen molar-refractivity contribution in [2.24, 2.45) is 0 Å². The number of halogens is 2. The molecule has 4 nitrogen and oxygen atoms in total. The zero-order valence-electron chi connectivity index (χ0n) is 12.0. The summed E-state index contributed by atoms with van der Waals surface area (Å²) in [5, 5.41) is 0.658. The Labute approximate surface area is 138 Å². The molecule has 1 aromatic carbocycles. The van der Waals surface area contributed by atoms with Crippen LogP contribution in [0.2, 0.25) is 5.02 Å². The number of hydrogen-bond acceptors (Lipinski definition) is 4. The Morgan fingerprint density at radius 1 is 1.48 bits per heavy atom. The molecule has 1 aliphatic heterocycles. The van der Waals surface area contributed by atoms with Crippen LogP contribution in [0.1, 0.15) is 24.9 Å². The lowest BCUT2D eigenvalue weighted by molar-refractivity contribution is -0.145. The zero-order valence-corrected chi connectivity index (χ0v) is 14.3. The second kappa shape index (κ2) is 8.13. The predicted octanol–water partition coefficient (Wildman–Crippen LogP) is 3.43. The van der Waals surface area contributed by atoms with Gasteiger partial charge in [-0.1, -0.05) is 33.6 Å². The molecule has 0 saturated carbocycles. The van der Waals surface area contributed by atoms with Crippen LogP contribution in [-0.2, 0) is 14.3 Å². The molecule has 0 radical (unpaired) electrons. The highest BCUT2D eigenvalue weighted by atomic mass is 79.9. The molecule has 1 aromatic rings. The van der Waals surface area contributed by atoms with Crippen molar-refractivity contribution in [2.75, 3.05) is 32.9 Å². The molecule has 0 spiro atoms. The minimum atomic E-state index is -0.201. The van der Waals surface area contributed by atoms with Crippen LogP contribution in [0.4, 0.5) is 0 Å². The fourth-order valence-corrected chi connectivity index (χ4v) is 3.27. The number of nitrogens with zero attached hydrogens (tertiary/aromatic N) is 1. The molecule has 116 valence electrons. The van der Waals surface area contributed by atoms with Crippen molar-refractivity contribution in [2.45, 2.75) is 19.4 Å². The summed E-state index contributed by atoms with van der Waals surface area (Å²) in [7, 11) is 0. The summed E-state index contributed by atoms with van der Waals surface area (Å²) in [6.45, 7) is 5.13. The van der Waals surface area contributed by atoms with E-state index < -0.39 is 0 Å². The summed E-state index contributed by atoms with van der Waals surface area (Å²) in [6, 6.07) is 5.69. The van der Waals surface area contributed by atoms with Crippen molar-refractivity contribution in [1.29, 1.82) is 0 Å². The Morgan fingerprint density at radius 3 is 2.81 bits per heavy atom. The van der Waals surface area contributed by atoms with Gasteiger partial charge in [0.1, 0.15) is 0 Å². The molecule has 0 bridgehead atoms. The molecule has 0 aromatic heterocycles. The summed E-state index contributed by atoms with van der Waals surface area (Å²) in [5.41, 5.74) is 0.954. The molecule has 2 rings (SSSR count). The minimum Gasteiger partial charge on any atom is -0.466 e. The summed E-state index contributed by atoms with van der Waals surface area (Å²) in [4.78, 5) is 14.1. The van der Waals surface area contributed by atoms with Gasteiger partial charge in [-0.05, 0) is 24.6 Å². The quantitative estimate of drug-likeness (QED) is 0.738. The van der Waals surface area contributed by atoms with Gasteiger partial charge in [0.25, 0.3) is 0 Å². The van der Waals surface area contributed by atoms with Crippen molar-refractivity contribution in [1.82, 2.24) is 4.90 Å². The van der Waals surface area contributed by atoms with E-state index in [1.807, 2.05) is 25.1 Å². The SMILES string of the molecule is CCOC(=O)CC(c1ccc(Br)cc1Cl)N1CCOCC1. The second-order valence-corrected chi connectivity index (χ2v) is 6.16. The van der Waals surface area contributed by atoms with Crippen LogP contribution in [0, 0.1) is 0 Å². The molecule has 0 amide bonds. The lowest BCUT2D eigenvalue weighted by Gasteiger charge is -2.34. The van der Waals surface area contributed by atoms with Crippen LogP contribution in [0.15, 0.2) is 22.7 Å². The number of carbonyl (C=O) groups is 1. The second-order valence-electron chi connectivity index (χ2n) is 4.84. The molecular formula is C15H19BrClNO3. The zero-order chi connectivity index (χ0) is 15.2. The molecule has 1 aliphatic rings. The van der Waals surface area contributed by atoms with Crippen molar-refractivity contribution in [3.05, 3.63) is 33.3 Å². The average molecular weight is 377 g/mol. The van der Waals surface area contributed by atoms with Gasteiger partial charge in [0.15, 0.2) is 0 Å². The maximum atomic E-state index is 11.9. The number of benzene rings is 1. The van der Waals surface area contributed by atoms with E-state index in [2.05, 4.69) is 20.8 Å². The first-order valence-corrected chi connectivity index (χ1v) is 8.21. The molecule has 21 heavy (non-hydrogen) atoms. The number of hydrogen-bond donors (Lipinski definition) is 0. The van der Waals surface area contributed by atoms with Gasteiger partial charge in [0.05, 0.1) is 26.2 Å². The number of carbonyl (C=O) groups excluding carboxylic acids is 1. The average Bonchev–Trinajstić information content (AvgIpc) is 2.47. The third kappa shape index (κ3) is 4.68. The Morgan fingerprint density at radius 2 is 2.19 bits per heavy atom. The van der Waals surface area contributed by atoms with Gasteiger partial charge in [-0.25, -0.2) is 0 Å². The lowest BCUT2D eigenvalue weighted by Crippen LogP contribution is -2.40. The standard InChI is InChI=1S/C15H19BrClNO3/c1-2-21-15(19)10-14(18-5-7-20-8-6-18)12-4-3-11(16)9-13(12)17/h3-4,9,14H,2,5-8,10H2,1H3. The van der Waals surface area contributed by atoms with E-state index in [0.29, 0.717) is 31.3 Å². The minimum absolute atomic E-state index is 0.0754. The first kappa shape index (κ1) is 16.7. The third-order valence-corrected chi connectivity index (χ3v) is 4.29. The summed E-state index contributed by atoms with van der Waals surface area (Å²) < 4.78 is 11.4. The van der Waals surface area contributed by atoms with Crippen molar-refractivity contribution in [3.8, 4) is 0 Å². The van der Waals surface area contributed by atoms with Gasteiger partial charge in [0, 0.05) is 28.6 Å². The monoisotopic (exact) mass is 375 g/mol. The smallest absolute Gasteiger partial charge is 0.307 e. The van der Waals surface area contributed by atoms with Crippen LogP contribution >= 0.6 is 27.5 Å². The van der Waals surface area contributed by atoms with E-state index >= 15 is 0 Å². The third-order valence-electron chi connectivity index (χ3n) is 3.47. The van der Waals surface area contributed by atoms with Gasteiger partial charge in [-0.15, -0.1) is 0 Å². The Balaban J connectivity index is 2.23. The molecular weight excluding hydrogens is 358 g/mol. The van der Waals surface area contributed by atoms with E-state index in [0.717, 1.165) is 23.1 Å². The van der Waals surface area contributed by atoms with Crippen LogP contribution in [0.5, 0.6) is 0 Å². The van der Waals surface area contributed by atoms with E-state index in [9.17, 15) is 4.79 Å². The van der Waals surface area contributed by atoms with E-state index in [4.69, 9.17) is 21.1 Å².